The molecular formula is C20H31N3O3S. The van der Waals surface area contributed by atoms with Crippen LogP contribution in [0.3, 0.4) is 0 Å². The zero-order valence-corrected chi connectivity index (χ0v) is 16.8. The summed E-state index contributed by atoms with van der Waals surface area (Å²) in [6.45, 7) is 3.73. The molecule has 0 saturated carbocycles. The summed E-state index contributed by atoms with van der Waals surface area (Å²) in [6, 6.07) is 7.02. The Balaban J connectivity index is 1.62. The highest BCUT2D eigenvalue weighted by atomic mass is 32.2. The number of hydrogen-bond donors (Lipinski definition) is 1. The highest BCUT2D eigenvalue weighted by Crippen LogP contribution is 2.23. The molecule has 0 aromatic heterocycles. The normalized spacial score (nSPS) is 20.1. The van der Waals surface area contributed by atoms with Gasteiger partial charge in [-0.2, -0.15) is 4.31 Å². The molecule has 2 aliphatic rings. The number of piperidine rings is 1. The summed E-state index contributed by atoms with van der Waals surface area (Å²) >= 11 is 0. The Kier molecular flexibility index (Phi) is 7.26. The molecule has 6 nitrogen and oxygen atoms in total. The Morgan fingerprint density at radius 2 is 1.48 bits per heavy atom. The van der Waals surface area contributed by atoms with Gasteiger partial charge in [-0.15, -0.1) is 0 Å². The molecule has 150 valence electrons. The van der Waals surface area contributed by atoms with Crippen molar-refractivity contribution in [1.82, 2.24) is 14.5 Å². The Hall–Kier alpha value is -1.44. The summed E-state index contributed by atoms with van der Waals surface area (Å²) in [5.74, 6) is -0.0397. The van der Waals surface area contributed by atoms with Crippen molar-refractivity contribution >= 4 is 15.9 Å². The second-order valence-corrected chi connectivity index (χ2v) is 9.45. The molecule has 2 fully saturated rings. The predicted octanol–water partition coefficient (Wildman–Crippen LogP) is 2.35. The summed E-state index contributed by atoms with van der Waals surface area (Å²) in [5.41, 5.74) is 0.660. The lowest BCUT2D eigenvalue weighted by Crippen LogP contribution is -2.38. The SMILES string of the molecule is O=C(CN1CCCCCC1)NCc1ccccc1S(=O)(=O)N1CCCCC1. The van der Waals surface area contributed by atoms with E-state index in [9.17, 15) is 13.2 Å². The van der Waals surface area contributed by atoms with Crippen molar-refractivity contribution in [2.45, 2.75) is 56.4 Å². The quantitative estimate of drug-likeness (QED) is 0.805. The Bertz CT molecular complexity index is 722. The number of likely N-dealkylation sites (tertiary alicyclic amines) is 1. The van der Waals surface area contributed by atoms with Gasteiger partial charge in [0.05, 0.1) is 11.4 Å². The number of benzene rings is 1. The Morgan fingerprint density at radius 3 is 2.19 bits per heavy atom. The summed E-state index contributed by atoms with van der Waals surface area (Å²) in [6.07, 6.45) is 7.66. The summed E-state index contributed by atoms with van der Waals surface area (Å²) in [5, 5.41) is 2.92. The maximum Gasteiger partial charge on any atom is 0.243 e. The van der Waals surface area contributed by atoms with Crippen LogP contribution in [0.25, 0.3) is 0 Å². The molecule has 0 bridgehead atoms. The molecule has 3 rings (SSSR count). The van der Waals surface area contributed by atoms with Crippen molar-refractivity contribution in [3.8, 4) is 0 Å². The molecular weight excluding hydrogens is 362 g/mol. The van der Waals surface area contributed by atoms with Crippen LogP contribution in [0.15, 0.2) is 29.2 Å². The van der Waals surface area contributed by atoms with E-state index in [1.807, 2.05) is 6.07 Å². The van der Waals surface area contributed by atoms with Crippen molar-refractivity contribution < 1.29 is 13.2 Å². The number of nitrogens with zero attached hydrogens (tertiary/aromatic N) is 2. The summed E-state index contributed by atoms with van der Waals surface area (Å²) in [4.78, 5) is 14.9. The van der Waals surface area contributed by atoms with Gasteiger partial charge in [0.1, 0.15) is 0 Å². The van der Waals surface area contributed by atoms with Crippen LogP contribution in [0.4, 0.5) is 0 Å². The Morgan fingerprint density at radius 1 is 0.889 bits per heavy atom. The van der Waals surface area contributed by atoms with Gasteiger partial charge < -0.3 is 5.32 Å². The first-order valence-electron chi connectivity index (χ1n) is 10.1. The van der Waals surface area contributed by atoms with Crippen LogP contribution in [0.1, 0.15) is 50.5 Å². The minimum absolute atomic E-state index is 0.0397. The molecule has 7 heteroatoms. The number of rotatable bonds is 6. The van der Waals surface area contributed by atoms with E-state index < -0.39 is 10.0 Å². The van der Waals surface area contributed by atoms with Gasteiger partial charge in [-0.1, -0.05) is 37.5 Å². The van der Waals surface area contributed by atoms with Crippen molar-refractivity contribution in [3.05, 3.63) is 29.8 Å². The third kappa shape index (κ3) is 5.53. The number of sulfonamides is 1. The minimum atomic E-state index is -3.50. The second-order valence-electron chi connectivity index (χ2n) is 7.54. The van der Waals surface area contributed by atoms with Crippen LogP contribution < -0.4 is 5.32 Å². The van der Waals surface area contributed by atoms with Crippen molar-refractivity contribution in [2.75, 3.05) is 32.7 Å². The Labute approximate surface area is 163 Å². The predicted molar refractivity (Wildman–Crippen MR) is 106 cm³/mol. The molecule has 0 spiro atoms. The van der Waals surface area contributed by atoms with Gasteiger partial charge in [0.25, 0.3) is 0 Å². The van der Waals surface area contributed by atoms with Gasteiger partial charge in [-0.05, 0) is 50.4 Å². The van der Waals surface area contributed by atoms with Crippen LogP contribution >= 0.6 is 0 Å². The number of carbonyl (C=O) groups excluding carboxylic acids is 1. The molecule has 0 aliphatic carbocycles. The number of nitrogens with one attached hydrogen (secondary N) is 1. The molecule has 1 N–H and O–H groups in total. The lowest BCUT2D eigenvalue weighted by atomic mass is 10.2. The van der Waals surface area contributed by atoms with E-state index in [1.165, 1.54) is 12.8 Å². The molecule has 0 radical (unpaired) electrons. The second kappa shape index (κ2) is 9.66. The molecule has 0 atom stereocenters. The van der Waals surface area contributed by atoms with Crippen molar-refractivity contribution in [2.24, 2.45) is 0 Å². The molecule has 27 heavy (non-hydrogen) atoms. The standard InChI is InChI=1S/C20H31N3O3S/c24-20(17-22-12-6-1-2-7-13-22)21-16-18-10-4-5-11-19(18)27(25,26)23-14-8-3-9-15-23/h4-5,10-11H,1-3,6-9,12-17H2,(H,21,24). The number of carbonyl (C=O) groups is 1. The van der Waals surface area contributed by atoms with Crippen molar-refractivity contribution in [3.63, 3.8) is 0 Å². The van der Waals surface area contributed by atoms with Gasteiger partial charge in [0.2, 0.25) is 15.9 Å². The van der Waals surface area contributed by atoms with Crippen molar-refractivity contribution in [1.29, 1.82) is 0 Å². The first kappa shape index (κ1) is 20.3. The van der Waals surface area contributed by atoms with E-state index in [4.69, 9.17) is 0 Å². The lowest BCUT2D eigenvalue weighted by molar-refractivity contribution is -0.122. The average molecular weight is 394 g/mol. The molecule has 1 amide bonds. The largest absolute Gasteiger partial charge is 0.351 e. The maximum atomic E-state index is 13.0. The van der Waals surface area contributed by atoms with Crippen LogP contribution in [0.5, 0.6) is 0 Å². The van der Waals surface area contributed by atoms with Crippen LogP contribution in [-0.2, 0) is 21.4 Å². The van der Waals surface area contributed by atoms with Crippen LogP contribution in [-0.4, -0.2) is 56.3 Å². The number of hydrogen-bond acceptors (Lipinski definition) is 4. The van der Waals surface area contributed by atoms with E-state index in [1.54, 1.807) is 22.5 Å². The van der Waals surface area contributed by atoms with E-state index in [0.717, 1.165) is 45.2 Å². The van der Waals surface area contributed by atoms with Crippen LogP contribution in [0, 0.1) is 0 Å². The topological polar surface area (TPSA) is 69.7 Å². The molecule has 2 heterocycles. The molecule has 1 aromatic rings. The van der Waals surface area contributed by atoms with E-state index in [-0.39, 0.29) is 12.5 Å². The molecule has 2 aliphatic heterocycles. The first-order chi connectivity index (χ1) is 13.1. The minimum Gasteiger partial charge on any atom is -0.351 e. The fourth-order valence-corrected chi connectivity index (χ4v) is 5.63. The van der Waals surface area contributed by atoms with E-state index >= 15 is 0 Å². The third-order valence-corrected chi connectivity index (χ3v) is 7.45. The maximum absolute atomic E-state index is 13.0. The van der Waals surface area contributed by atoms with Gasteiger partial charge >= 0.3 is 0 Å². The highest BCUT2D eigenvalue weighted by molar-refractivity contribution is 7.89. The van der Waals surface area contributed by atoms with E-state index in [0.29, 0.717) is 30.1 Å². The highest BCUT2D eigenvalue weighted by Gasteiger charge is 2.28. The third-order valence-electron chi connectivity index (χ3n) is 5.45. The average Bonchev–Trinajstić information content (AvgIpc) is 2.96. The van der Waals surface area contributed by atoms with Crippen LogP contribution in [0.2, 0.25) is 0 Å². The van der Waals surface area contributed by atoms with Gasteiger partial charge in [0, 0.05) is 19.6 Å². The lowest BCUT2D eigenvalue weighted by Gasteiger charge is -2.27. The van der Waals surface area contributed by atoms with E-state index in [2.05, 4.69) is 10.2 Å². The summed E-state index contributed by atoms with van der Waals surface area (Å²) < 4.78 is 27.6. The number of amides is 1. The van der Waals surface area contributed by atoms with Gasteiger partial charge in [0.15, 0.2) is 0 Å². The zero-order valence-electron chi connectivity index (χ0n) is 16.0. The fourth-order valence-electron chi connectivity index (χ4n) is 3.89. The molecule has 2 saturated heterocycles. The van der Waals surface area contributed by atoms with Gasteiger partial charge in [-0.25, -0.2) is 8.42 Å². The summed E-state index contributed by atoms with van der Waals surface area (Å²) in [7, 11) is -3.50. The van der Waals surface area contributed by atoms with Gasteiger partial charge in [-0.3, -0.25) is 9.69 Å². The molecule has 1 aromatic carbocycles. The smallest absolute Gasteiger partial charge is 0.243 e. The fraction of sp³-hybridized carbons (Fsp3) is 0.650. The monoisotopic (exact) mass is 393 g/mol. The first-order valence-corrected chi connectivity index (χ1v) is 11.6. The zero-order chi connectivity index (χ0) is 19.1. The molecule has 0 unspecified atom stereocenters.